The van der Waals surface area contributed by atoms with Gasteiger partial charge in [0.25, 0.3) is 0 Å². The molecule has 0 aliphatic heterocycles. The summed E-state index contributed by atoms with van der Waals surface area (Å²) in [6.45, 7) is 0. The van der Waals surface area contributed by atoms with Gasteiger partial charge in [0.15, 0.2) is 17.4 Å². The van der Waals surface area contributed by atoms with Crippen molar-refractivity contribution in [3.8, 4) is 17.6 Å². The highest BCUT2D eigenvalue weighted by Gasteiger charge is 2.16. The van der Waals surface area contributed by atoms with Crippen molar-refractivity contribution in [2.45, 2.75) is 0 Å². The SMILES string of the molecule is N#Cc1cc(F)c(Oc2cc(C(=O)O)ccc2Br)c(F)c1. The summed E-state index contributed by atoms with van der Waals surface area (Å²) in [6.07, 6.45) is 0. The molecule has 0 saturated heterocycles. The Labute approximate surface area is 126 Å². The number of halogens is 3. The van der Waals surface area contributed by atoms with E-state index in [4.69, 9.17) is 15.1 Å². The van der Waals surface area contributed by atoms with Crippen LogP contribution in [0, 0.1) is 23.0 Å². The maximum Gasteiger partial charge on any atom is 0.335 e. The van der Waals surface area contributed by atoms with Crippen molar-refractivity contribution in [1.29, 1.82) is 5.26 Å². The highest BCUT2D eigenvalue weighted by atomic mass is 79.9. The van der Waals surface area contributed by atoms with Gasteiger partial charge in [-0.3, -0.25) is 0 Å². The molecular formula is C14H6BrF2NO3. The quantitative estimate of drug-likeness (QED) is 0.901. The summed E-state index contributed by atoms with van der Waals surface area (Å²) in [6, 6.07) is 7.09. The molecule has 0 bridgehead atoms. The summed E-state index contributed by atoms with van der Waals surface area (Å²) in [5.74, 6) is -4.08. The molecule has 2 aromatic carbocycles. The molecule has 1 N–H and O–H groups in total. The van der Waals surface area contributed by atoms with Crippen LogP contribution in [0.3, 0.4) is 0 Å². The summed E-state index contributed by atoms with van der Waals surface area (Å²) in [5, 5.41) is 17.5. The third kappa shape index (κ3) is 3.17. The molecule has 0 aromatic heterocycles. The number of nitrogens with zero attached hydrogens (tertiary/aromatic N) is 1. The summed E-state index contributed by atoms with van der Waals surface area (Å²) < 4.78 is 32.9. The molecule has 0 aliphatic rings. The van der Waals surface area contributed by atoms with Crippen LogP contribution in [-0.4, -0.2) is 11.1 Å². The van der Waals surface area contributed by atoms with Gasteiger partial charge in [0.05, 0.1) is 21.7 Å². The molecule has 106 valence electrons. The van der Waals surface area contributed by atoms with Crippen LogP contribution in [0.1, 0.15) is 15.9 Å². The van der Waals surface area contributed by atoms with E-state index in [0.29, 0.717) is 4.47 Å². The third-order valence-electron chi connectivity index (χ3n) is 2.52. The van der Waals surface area contributed by atoms with Crippen LogP contribution in [0.15, 0.2) is 34.8 Å². The lowest BCUT2D eigenvalue weighted by atomic mass is 10.2. The number of rotatable bonds is 3. The number of nitriles is 1. The van der Waals surface area contributed by atoms with Gasteiger partial charge in [-0.2, -0.15) is 5.26 Å². The lowest BCUT2D eigenvalue weighted by molar-refractivity contribution is 0.0696. The number of hydrogen-bond acceptors (Lipinski definition) is 3. The van der Waals surface area contributed by atoms with Gasteiger partial charge in [-0.15, -0.1) is 0 Å². The third-order valence-corrected chi connectivity index (χ3v) is 3.17. The van der Waals surface area contributed by atoms with Crippen LogP contribution in [0.25, 0.3) is 0 Å². The van der Waals surface area contributed by atoms with E-state index >= 15 is 0 Å². The average Bonchev–Trinajstić information content (AvgIpc) is 2.44. The normalized spacial score (nSPS) is 10.0. The molecule has 0 atom stereocenters. The Hall–Kier alpha value is -2.46. The summed E-state index contributed by atoms with van der Waals surface area (Å²) in [4.78, 5) is 10.9. The summed E-state index contributed by atoms with van der Waals surface area (Å²) in [7, 11) is 0. The molecule has 0 unspecified atom stereocenters. The van der Waals surface area contributed by atoms with Crippen LogP contribution >= 0.6 is 15.9 Å². The van der Waals surface area contributed by atoms with Crippen molar-refractivity contribution in [2.75, 3.05) is 0 Å². The Kier molecular flexibility index (Phi) is 4.19. The average molecular weight is 354 g/mol. The highest BCUT2D eigenvalue weighted by molar-refractivity contribution is 9.10. The van der Waals surface area contributed by atoms with E-state index in [2.05, 4.69) is 15.9 Å². The molecule has 2 aromatic rings. The molecule has 2 rings (SSSR count). The molecule has 0 heterocycles. The fraction of sp³-hybridized carbons (Fsp3) is 0. The van der Waals surface area contributed by atoms with Gasteiger partial charge >= 0.3 is 5.97 Å². The van der Waals surface area contributed by atoms with E-state index in [1.165, 1.54) is 12.1 Å². The fourth-order valence-corrected chi connectivity index (χ4v) is 1.87. The number of benzene rings is 2. The van der Waals surface area contributed by atoms with Crippen LogP contribution < -0.4 is 4.74 Å². The molecule has 7 heteroatoms. The van der Waals surface area contributed by atoms with E-state index in [-0.39, 0.29) is 16.9 Å². The zero-order chi connectivity index (χ0) is 15.6. The van der Waals surface area contributed by atoms with Gasteiger partial charge in [0.1, 0.15) is 5.75 Å². The number of carboxylic acid groups (broad SMARTS) is 1. The fourth-order valence-electron chi connectivity index (χ4n) is 1.55. The molecule has 0 fully saturated rings. The van der Waals surface area contributed by atoms with Crippen molar-refractivity contribution >= 4 is 21.9 Å². The Bertz CT molecular complexity index is 748. The largest absolute Gasteiger partial charge is 0.478 e. The van der Waals surface area contributed by atoms with E-state index in [1.54, 1.807) is 6.07 Å². The Morgan fingerprint density at radius 1 is 1.24 bits per heavy atom. The number of hydrogen-bond donors (Lipinski definition) is 1. The Morgan fingerprint density at radius 2 is 1.86 bits per heavy atom. The van der Waals surface area contributed by atoms with Gasteiger partial charge in [-0.25, -0.2) is 13.6 Å². The van der Waals surface area contributed by atoms with Crippen molar-refractivity contribution in [3.05, 3.63) is 57.6 Å². The molecule has 0 saturated carbocycles. The zero-order valence-electron chi connectivity index (χ0n) is 10.2. The first-order valence-corrected chi connectivity index (χ1v) is 6.31. The van der Waals surface area contributed by atoms with Gasteiger partial charge < -0.3 is 9.84 Å². The zero-order valence-corrected chi connectivity index (χ0v) is 11.8. The van der Waals surface area contributed by atoms with Crippen LogP contribution in [0.4, 0.5) is 8.78 Å². The molecule has 0 aliphatic carbocycles. The van der Waals surface area contributed by atoms with Gasteiger partial charge in [-0.05, 0) is 46.3 Å². The first-order valence-electron chi connectivity index (χ1n) is 5.52. The van der Waals surface area contributed by atoms with E-state index in [0.717, 1.165) is 18.2 Å². The molecule has 0 radical (unpaired) electrons. The second-order valence-electron chi connectivity index (χ2n) is 3.93. The Balaban J connectivity index is 2.46. The van der Waals surface area contributed by atoms with Crippen LogP contribution in [0.2, 0.25) is 0 Å². The molecular weight excluding hydrogens is 348 g/mol. The monoisotopic (exact) mass is 353 g/mol. The van der Waals surface area contributed by atoms with E-state index in [9.17, 15) is 13.6 Å². The number of aromatic carboxylic acids is 1. The number of ether oxygens (including phenoxy) is 1. The number of carbonyl (C=O) groups is 1. The second-order valence-corrected chi connectivity index (χ2v) is 4.79. The maximum atomic E-state index is 13.7. The molecule has 0 amide bonds. The minimum atomic E-state index is -1.20. The standard InChI is InChI=1S/C14H6BrF2NO3/c15-9-2-1-8(14(19)20)5-12(9)21-13-10(16)3-7(6-18)4-11(13)17/h1-5H,(H,19,20). The van der Waals surface area contributed by atoms with Crippen LogP contribution in [-0.2, 0) is 0 Å². The van der Waals surface area contributed by atoms with Crippen LogP contribution in [0.5, 0.6) is 11.5 Å². The minimum absolute atomic E-state index is 0.0580. The predicted octanol–water partition coefficient (Wildman–Crippen LogP) is 4.09. The molecule has 0 spiro atoms. The van der Waals surface area contributed by atoms with Gasteiger partial charge in [0.2, 0.25) is 0 Å². The summed E-state index contributed by atoms with van der Waals surface area (Å²) >= 11 is 3.10. The molecule has 21 heavy (non-hydrogen) atoms. The van der Waals surface area contributed by atoms with Crippen molar-refractivity contribution in [3.63, 3.8) is 0 Å². The lowest BCUT2D eigenvalue weighted by Gasteiger charge is -2.10. The molecule has 4 nitrogen and oxygen atoms in total. The second kappa shape index (κ2) is 5.89. The van der Waals surface area contributed by atoms with E-state index < -0.39 is 23.4 Å². The van der Waals surface area contributed by atoms with Crippen molar-refractivity contribution in [2.24, 2.45) is 0 Å². The number of carboxylic acids is 1. The first-order chi connectivity index (χ1) is 9.92. The lowest BCUT2D eigenvalue weighted by Crippen LogP contribution is -1.99. The predicted molar refractivity (Wildman–Crippen MR) is 72.2 cm³/mol. The maximum absolute atomic E-state index is 13.7. The minimum Gasteiger partial charge on any atom is -0.478 e. The first kappa shape index (κ1) is 14.9. The smallest absolute Gasteiger partial charge is 0.335 e. The summed E-state index contributed by atoms with van der Waals surface area (Å²) in [5.41, 5.74) is -0.279. The van der Waals surface area contributed by atoms with Gasteiger partial charge in [-0.1, -0.05) is 0 Å². The Morgan fingerprint density at radius 3 is 2.38 bits per heavy atom. The van der Waals surface area contributed by atoms with E-state index in [1.807, 2.05) is 0 Å². The van der Waals surface area contributed by atoms with Crippen molar-refractivity contribution < 1.29 is 23.4 Å². The topological polar surface area (TPSA) is 70.3 Å². The highest BCUT2D eigenvalue weighted by Crippen LogP contribution is 2.34. The van der Waals surface area contributed by atoms with Gasteiger partial charge in [0, 0.05) is 0 Å². The van der Waals surface area contributed by atoms with Crippen molar-refractivity contribution in [1.82, 2.24) is 0 Å².